The van der Waals surface area contributed by atoms with Crippen molar-refractivity contribution in [2.24, 2.45) is 0 Å². The minimum absolute atomic E-state index is 0.617. The maximum atomic E-state index is 11.4. The summed E-state index contributed by atoms with van der Waals surface area (Å²) in [7, 11) is 1.65. The lowest BCUT2D eigenvalue weighted by molar-refractivity contribution is -0.0340. The van der Waals surface area contributed by atoms with E-state index in [1.54, 1.807) is 7.11 Å². The average Bonchev–Trinajstić information content (AvgIpc) is 3.16. The van der Waals surface area contributed by atoms with E-state index in [4.69, 9.17) is 4.74 Å². The van der Waals surface area contributed by atoms with Gasteiger partial charge in [0.05, 0.1) is 12.8 Å². The first kappa shape index (κ1) is 19.6. The van der Waals surface area contributed by atoms with Crippen LogP contribution in [0.15, 0.2) is 54.6 Å². The molecule has 6 nitrogen and oxygen atoms in total. The Labute approximate surface area is 171 Å². The Morgan fingerprint density at radius 2 is 1.79 bits per heavy atom. The Hall–Kier alpha value is -2.70. The molecule has 1 aromatic heterocycles. The summed E-state index contributed by atoms with van der Waals surface area (Å²) < 4.78 is 7.30. The van der Waals surface area contributed by atoms with E-state index in [0.717, 1.165) is 43.3 Å². The third-order valence-electron chi connectivity index (χ3n) is 5.80. The molecule has 0 spiro atoms. The SMILES string of the molecule is COc1cccc(-n2c(C)nnc2C2(O)CCN(CCc3ccccc3)CC2)c1. The van der Waals surface area contributed by atoms with Crippen LogP contribution in [0.5, 0.6) is 5.75 Å². The van der Waals surface area contributed by atoms with Gasteiger partial charge in [-0.2, -0.15) is 0 Å². The van der Waals surface area contributed by atoms with Gasteiger partial charge < -0.3 is 14.7 Å². The Bertz CT molecular complexity index is 947. The number of rotatable bonds is 6. The van der Waals surface area contributed by atoms with Crippen molar-refractivity contribution in [2.75, 3.05) is 26.7 Å². The van der Waals surface area contributed by atoms with E-state index in [0.29, 0.717) is 18.7 Å². The molecular formula is C23H28N4O2. The molecular weight excluding hydrogens is 364 g/mol. The molecule has 0 radical (unpaired) electrons. The zero-order valence-corrected chi connectivity index (χ0v) is 17.1. The molecule has 6 heteroatoms. The van der Waals surface area contributed by atoms with Crippen molar-refractivity contribution in [1.82, 2.24) is 19.7 Å². The first-order valence-corrected chi connectivity index (χ1v) is 10.1. The summed E-state index contributed by atoms with van der Waals surface area (Å²) in [4.78, 5) is 2.42. The van der Waals surface area contributed by atoms with Crippen LogP contribution >= 0.6 is 0 Å². The first-order chi connectivity index (χ1) is 14.1. The van der Waals surface area contributed by atoms with E-state index in [1.165, 1.54) is 5.56 Å². The van der Waals surface area contributed by atoms with Crippen LogP contribution in [0.1, 0.15) is 30.1 Å². The highest BCUT2D eigenvalue weighted by Crippen LogP contribution is 2.34. The molecule has 0 bridgehead atoms. The molecule has 0 atom stereocenters. The number of benzene rings is 2. The van der Waals surface area contributed by atoms with Crippen molar-refractivity contribution in [2.45, 2.75) is 31.8 Å². The maximum absolute atomic E-state index is 11.4. The normalized spacial score (nSPS) is 16.7. The van der Waals surface area contributed by atoms with Crippen molar-refractivity contribution in [3.8, 4) is 11.4 Å². The van der Waals surface area contributed by atoms with Crippen LogP contribution in [0.25, 0.3) is 5.69 Å². The van der Waals surface area contributed by atoms with Crippen LogP contribution in [-0.4, -0.2) is 51.5 Å². The maximum Gasteiger partial charge on any atom is 0.169 e. The molecule has 29 heavy (non-hydrogen) atoms. The third-order valence-corrected chi connectivity index (χ3v) is 5.80. The van der Waals surface area contributed by atoms with E-state index in [2.05, 4.69) is 39.4 Å². The molecule has 0 aliphatic carbocycles. The molecule has 152 valence electrons. The zero-order valence-electron chi connectivity index (χ0n) is 17.1. The van der Waals surface area contributed by atoms with Crippen molar-refractivity contribution in [1.29, 1.82) is 0 Å². The fourth-order valence-corrected chi connectivity index (χ4v) is 4.02. The Morgan fingerprint density at radius 1 is 1.03 bits per heavy atom. The predicted molar refractivity (Wildman–Crippen MR) is 112 cm³/mol. The molecule has 0 amide bonds. The second kappa shape index (κ2) is 8.35. The molecule has 3 aromatic rings. The van der Waals surface area contributed by atoms with Gasteiger partial charge in [-0.25, -0.2) is 0 Å². The number of hydrogen-bond acceptors (Lipinski definition) is 5. The molecule has 1 saturated heterocycles. The van der Waals surface area contributed by atoms with Crippen molar-refractivity contribution in [3.05, 3.63) is 71.8 Å². The summed E-state index contributed by atoms with van der Waals surface area (Å²) in [6.45, 7) is 4.59. The van der Waals surface area contributed by atoms with Crippen molar-refractivity contribution >= 4 is 0 Å². The van der Waals surface area contributed by atoms with Gasteiger partial charge in [0.1, 0.15) is 17.2 Å². The quantitative estimate of drug-likeness (QED) is 0.698. The lowest BCUT2D eigenvalue weighted by Crippen LogP contribution is -2.44. The van der Waals surface area contributed by atoms with Gasteiger partial charge in [0.25, 0.3) is 0 Å². The molecule has 0 saturated carbocycles. The Balaban J connectivity index is 1.48. The van der Waals surface area contributed by atoms with Gasteiger partial charge in [-0.1, -0.05) is 36.4 Å². The lowest BCUT2D eigenvalue weighted by atomic mass is 9.90. The highest BCUT2D eigenvalue weighted by atomic mass is 16.5. The van der Waals surface area contributed by atoms with Gasteiger partial charge >= 0.3 is 0 Å². The predicted octanol–water partition coefficient (Wildman–Crippen LogP) is 3.11. The van der Waals surface area contributed by atoms with Crippen LogP contribution in [-0.2, 0) is 12.0 Å². The number of hydrogen-bond donors (Lipinski definition) is 1. The van der Waals surface area contributed by atoms with Crippen LogP contribution in [0.4, 0.5) is 0 Å². The van der Waals surface area contributed by atoms with Gasteiger partial charge in [-0.15, -0.1) is 10.2 Å². The Morgan fingerprint density at radius 3 is 2.52 bits per heavy atom. The zero-order chi connectivity index (χ0) is 20.3. The number of aromatic nitrogens is 3. The minimum Gasteiger partial charge on any atom is -0.497 e. The molecule has 1 aliphatic heterocycles. The second-order valence-electron chi connectivity index (χ2n) is 7.72. The Kier molecular flexibility index (Phi) is 5.65. The standard InChI is InChI=1S/C23H28N4O2/c1-18-24-25-22(27(18)20-9-6-10-21(17-20)29-2)23(28)12-15-26(16-13-23)14-11-19-7-4-3-5-8-19/h3-10,17,28H,11-16H2,1-2H3. The summed E-state index contributed by atoms with van der Waals surface area (Å²) in [5, 5.41) is 20.1. The van der Waals surface area contributed by atoms with Gasteiger partial charge in [-0.3, -0.25) is 4.57 Å². The number of piperidine rings is 1. The van der Waals surface area contributed by atoms with Gasteiger partial charge in [0, 0.05) is 25.7 Å². The minimum atomic E-state index is -0.979. The molecule has 2 heterocycles. The summed E-state index contributed by atoms with van der Waals surface area (Å²) in [5.74, 6) is 2.14. The highest BCUT2D eigenvalue weighted by molar-refractivity contribution is 5.41. The van der Waals surface area contributed by atoms with Crippen LogP contribution in [0.2, 0.25) is 0 Å². The molecule has 2 aromatic carbocycles. The van der Waals surface area contributed by atoms with E-state index in [9.17, 15) is 5.11 Å². The lowest BCUT2D eigenvalue weighted by Gasteiger charge is -2.37. The average molecular weight is 393 g/mol. The van der Waals surface area contributed by atoms with Gasteiger partial charge in [0.2, 0.25) is 0 Å². The van der Waals surface area contributed by atoms with E-state index >= 15 is 0 Å². The van der Waals surface area contributed by atoms with Crippen LogP contribution < -0.4 is 4.74 Å². The van der Waals surface area contributed by atoms with Gasteiger partial charge in [-0.05, 0) is 43.9 Å². The summed E-state index contributed by atoms with van der Waals surface area (Å²) in [5.41, 5.74) is 1.27. The summed E-state index contributed by atoms with van der Waals surface area (Å²) in [6.07, 6.45) is 2.31. The fourth-order valence-electron chi connectivity index (χ4n) is 4.02. The molecule has 1 fully saturated rings. The van der Waals surface area contributed by atoms with Crippen LogP contribution in [0, 0.1) is 6.92 Å². The summed E-state index contributed by atoms with van der Waals surface area (Å²) in [6, 6.07) is 18.3. The van der Waals surface area contributed by atoms with Crippen LogP contribution in [0.3, 0.4) is 0 Å². The third kappa shape index (κ3) is 4.18. The monoisotopic (exact) mass is 392 g/mol. The molecule has 0 unspecified atom stereocenters. The fraction of sp³-hybridized carbons (Fsp3) is 0.391. The second-order valence-corrected chi connectivity index (χ2v) is 7.72. The molecule has 4 rings (SSSR count). The largest absolute Gasteiger partial charge is 0.497 e. The number of aryl methyl sites for hydroxylation is 1. The van der Waals surface area contributed by atoms with E-state index < -0.39 is 5.60 Å². The molecule has 1 aliphatic rings. The number of methoxy groups -OCH3 is 1. The molecule has 1 N–H and O–H groups in total. The smallest absolute Gasteiger partial charge is 0.169 e. The number of aliphatic hydroxyl groups is 1. The van der Waals surface area contributed by atoms with E-state index in [-0.39, 0.29) is 0 Å². The van der Waals surface area contributed by atoms with Crippen molar-refractivity contribution < 1.29 is 9.84 Å². The van der Waals surface area contributed by atoms with Gasteiger partial charge in [0.15, 0.2) is 5.82 Å². The van der Waals surface area contributed by atoms with Crippen molar-refractivity contribution in [3.63, 3.8) is 0 Å². The number of likely N-dealkylation sites (tertiary alicyclic amines) is 1. The topological polar surface area (TPSA) is 63.4 Å². The number of nitrogens with zero attached hydrogens (tertiary/aromatic N) is 4. The highest BCUT2D eigenvalue weighted by Gasteiger charge is 2.39. The summed E-state index contributed by atoms with van der Waals surface area (Å²) >= 11 is 0. The first-order valence-electron chi connectivity index (χ1n) is 10.1. The number of ether oxygens (including phenoxy) is 1. The van der Waals surface area contributed by atoms with E-state index in [1.807, 2.05) is 41.8 Å².